The topological polar surface area (TPSA) is 12.4 Å². The van der Waals surface area contributed by atoms with Crippen LogP contribution in [0.5, 0.6) is 0 Å². The maximum Gasteiger partial charge on any atom is 0.135 e. The van der Waals surface area contributed by atoms with E-state index < -0.39 is 11.6 Å². The number of benzene rings is 2. The lowest BCUT2D eigenvalue weighted by molar-refractivity contribution is 0.581. The van der Waals surface area contributed by atoms with Gasteiger partial charge in [0.15, 0.2) is 0 Å². The molecule has 0 spiro atoms. The standard InChI is InChI=1S/C21H21F2N/c1-6-16(21-14(3)9-13(2)10-15(21)4)11-20(24-5)18-8-7-17(22)12-19(18)23/h6-12H,5H2,1-4H3/b16-6+,20-11-. The third-order valence-electron chi connectivity index (χ3n) is 3.95. The van der Waals surface area contributed by atoms with E-state index in [0.717, 1.165) is 28.3 Å². The van der Waals surface area contributed by atoms with E-state index in [4.69, 9.17) is 0 Å². The molecule has 0 heterocycles. The fourth-order valence-corrected chi connectivity index (χ4v) is 2.99. The average molecular weight is 325 g/mol. The summed E-state index contributed by atoms with van der Waals surface area (Å²) < 4.78 is 27.2. The molecule has 0 saturated carbocycles. The zero-order chi connectivity index (χ0) is 17.9. The monoisotopic (exact) mass is 325 g/mol. The summed E-state index contributed by atoms with van der Waals surface area (Å²) in [6.07, 6.45) is 3.74. The summed E-state index contributed by atoms with van der Waals surface area (Å²) in [5.41, 5.74) is 6.09. The van der Waals surface area contributed by atoms with Crippen LogP contribution in [0.4, 0.5) is 8.78 Å². The van der Waals surface area contributed by atoms with Gasteiger partial charge in [-0.2, -0.15) is 0 Å². The van der Waals surface area contributed by atoms with Crippen LogP contribution < -0.4 is 0 Å². The molecule has 0 radical (unpaired) electrons. The number of hydrogen-bond donors (Lipinski definition) is 0. The minimum absolute atomic E-state index is 0.230. The van der Waals surface area contributed by atoms with E-state index in [1.165, 1.54) is 17.7 Å². The van der Waals surface area contributed by atoms with Crippen molar-refractivity contribution >= 4 is 18.0 Å². The Balaban J connectivity index is 2.59. The van der Waals surface area contributed by atoms with Gasteiger partial charge in [0.05, 0.1) is 5.70 Å². The van der Waals surface area contributed by atoms with E-state index in [9.17, 15) is 8.78 Å². The van der Waals surface area contributed by atoms with Crippen molar-refractivity contribution in [3.63, 3.8) is 0 Å². The summed E-state index contributed by atoms with van der Waals surface area (Å²) >= 11 is 0. The number of allylic oxidation sites excluding steroid dienone is 3. The van der Waals surface area contributed by atoms with Crippen LogP contribution in [0, 0.1) is 32.4 Å². The molecule has 0 saturated heterocycles. The minimum atomic E-state index is -0.651. The van der Waals surface area contributed by atoms with E-state index in [-0.39, 0.29) is 5.56 Å². The number of halogens is 2. The zero-order valence-electron chi connectivity index (χ0n) is 14.5. The first-order valence-corrected chi connectivity index (χ1v) is 7.75. The van der Waals surface area contributed by atoms with Crippen molar-refractivity contribution < 1.29 is 8.78 Å². The van der Waals surface area contributed by atoms with Crippen LogP contribution in [0.25, 0.3) is 11.3 Å². The van der Waals surface area contributed by atoms with Gasteiger partial charge in [0, 0.05) is 11.6 Å². The van der Waals surface area contributed by atoms with Crippen molar-refractivity contribution in [2.24, 2.45) is 4.99 Å². The van der Waals surface area contributed by atoms with Crippen molar-refractivity contribution in [1.82, 2.24) is 0 Å². The lowest BCUT2D eigenvalue weighted by atomic mass is 9.92. The first-order chi connectivity index (χ1) is 11.4. The molecule has 0 atom stereocenters. The second-order valence-electron chi connectivity index (χ2n) is 5.83. The van der Waals surface area contributed by atoms with E-state index in [1.807, 2.05) is 26.8 Å². The van der Waals surface area contributed by atoms with Gasteiger partial charge in [-0.1, -0.05) is 23.8 Å². The molecule has 124 valence electrons. The van der Waals surface area contributed by atoms with Crippen LogP contribution in [0.2, 0.25) is 0 Å². The van der Waals surface area contributed by atoms with Crippen LogP contribution in [0.3, 0.4) is 0 Å². The lowest BCUT2D eigenvalue weighted by Gasteiger charge is -2.13. The van der Waals surface area contributed by atoms with Gasteiger partial charge >= 0.3 is 0 Å². The normalized spacial score (nSPS) is 12.4. The SMILES string of the molecule is C=N/C(=C\C(=C/C)c1c(C)cc(C)cc1C)c1ccc(F)cc1F. The summed E-state index contributed by atoms with van der Waals surface area (Å²) in [6.45, 7) is 11.6. The zero-order valence-corrected chi connectivity index (χ0v) is 14.5. The highest BCUT2D eigenvalue weighted by atomic mass is 19.1. The van der Waals surface area contributed by atoms with Crippen LogP contribution >= 0.6 is 0 Å². The highest BCUT2D eigenvalue weighted by Gasteiger charge is 2.12. The Morgan fingerprint density at radius 3 is 2.17 bits per heavy atom. The van der Waals surface area contributed by atoms with Gasteiger partial charge in [-0.15, -0.1) is 0 Å². The third kappa shape index (κ3) is 3.67. The Bertz CT molecular complexity index is 822. The first-order valence-electron chi connectivity index (χ1n) is 7.75. The van der Waals surface area contributed by atoms with Crippen molar-refractivity contribution in [3.05, 3.63) is 81.9 Å². The summed E-state index contributed by atoms with van der Waals surface area (Å²) in [4.78, 5) is 3.95. The molecular formula is C21H21F2N. The van der Waals surface area contributed by atoms with Gasteiger partial charge in [-0.05, 0) is 74.9 Å². The molecule has 0 unspecified atom stereocenters. The molecule has 24 heavy (non-hydrogen) atoms. The largest absolute Gasteiger partial charge is 0.264 e. The number of aliphatic imine (C=N–C) groups is 1. The smallest absolute Gasteiger partial charge is 0.135 e. The molecule has 2 aromatic carbocycles. The molecular weight excluding hydrogens is 304 g/mol. The molecule has 0 amide bonds. The Morgan fingerprint density at radius 1 is 1.04 bits per heavy atom. The summed E-state index contributed by atoms with van der Waals surface area (Å²) in [6, 6.07) is 7.67. The molecule has 0 aliphatic rings. The predicted octanol–water partition coefficient (Wildman–Crippen LogP) is 6.04. The molecule has 1 nitrogen and oxygen atoms in total. The third-order valence-corrected chi connectivity index (χ3v) is 3.95. The van der Waals surface area contributed by atoms with E-state index in [1.54, 1.807) is 6.08 Å². The van der Waals surface area contributed by atoms with Gasteiger partial charge in [0.2, 0.25) is 0 Å². The maximum atomic E-state index is 14.1. The molecule has 0 bridgehead atoms. The Kier molecular flexibility index (Phi) is 5.45. The fourth-order valence-electron chi connectivity index (χ4n) is 2.99. The van der Waals surface area contributed by atoms with Crippen molar-refractivity contribution in [2.75, 3.05) is 0 Å². The van der Waals surface area contributed by atoms with Crippen molar-refractivity contribution in [2.45, 2.75) is 27.7 Å². The fraction of sp³-hybridized carbons (Fsp3) is 0.190. The molecule has 0 aliphatic heterocycles. The molecule has 2 rings (SSSR count). The molecule has 3 heteroatoms. The Labute approximate surface area is 142 Å². The minimum Gasteiger partial charge on any atom is -0.264 e. The van der Waals surface area contributed by atoms with E-state index in [2.05, 4.69) is 30.8 Å². The highest BCUT2D eigenvalue weighted by Crippen LogP contribution is 2.29. The summed E-state index contributed by atoms with van der Waals surface area (Å²) in [5.74, 6) is -1.27. The van der Waals surface area contributed by atoms with Crippen molar-refractivity contribution in [3.8, 4) is 0 Å². The summed E-state index contributed by atoms with van der Waals surface area (Å²) in [7, 11) is 0. The van der Waals surface area contributed by atoms with E-state index in [0.29, 0.717) is 5.70 Å². The second kappa shape index (κ2) is 7.35. The lowest BCUT2D eigenvalue weighted by Crippen LogP contribution is -1.95. The maximum absolute atomic E-state index is 14.1. The number of rotatable bonds is 4. The van der Waals surface area contributed by atoms with Crippen LogP contribution in [0.15, 0.2) is 47.5 Å². The van der Waals surface area contributed by atoms with Gasteiger partial charge in [0.1, 0.15) is 11.6 Å². The van der Waals surface area contributed by atoms with Gasteiger partial charge in [-0.3, -0.25) is 4.99 Å². The van der Waals surface area contributed by atoms with E-state index >= 15 is 0 Å². The number of aryl methyl sites for hydroxylation is 3. The van der Waals surface area contributed by atoms with Gasteiger partial charge in [0.25, 0.3) is 0 Å². The average Bonchev–Trinajstić information content (AvgIpc) is 2.50. The molecule has 0 N–H and O–H groups in total. The van der Waals surface area contributed by atoms with Gasteiger partial charge in [-0.25, -0.2) is 8.78 Å². The number of nitrogens with zero attached hydrogens (tertiary/aromatic N) is 1. The van der Waals surface area contributed by atoms with Crippen molar-refractivity contribution in [1.29, 1.82) is 0 Å². The van der Waals surface area contributed by atoms with Crippen LogP contribution in [-0.2, 0) is 0 Å². The highest BCUT2D eigenvalue weighted by molar-refractivity contribution is 5.86. The quantitative estimate of drug-likeness (QED) is 0.480. The molecule has 2 aromatic rings. The van der Waals surface area contributed by atoms with Crippen LogP contribution in [0.1, 0.15) is 34.7 Å². The second-order valence-corrected chi connectivity index (χ2v) is 5.83. The molecule has 0 aliphatic carbocycles. The predicted molar refractivity (Wildman–Crippen MR) is 98.2 cm³/mol. The van der Waals surface area contributed by atoms with Gasteiger partial charge < -0.3 is 0 Å². The number of hydrogen-bond acceptors (Lipinski definition) is 1. The Morgan fingerprint density at radius 2 is 1.67 bits per heavy atom. The molecule has 0 aromatic heterocycles. The Hall–Kier alpha value is -2.55. The summed E-state index contributed by atoms with van der Waals surface area (Å²) in [5, 5.41) is 0. The molecule has 0 fully saturated rings. The van der Waals surface area contributed by atoms with Crippen LogP contribution in [-0.4, -0.2) is 6.72 Å². The first kappa shape index (κ1) is 17.8.